The minimum absolute atomic E-state index is 0.0636. The average molecular weight is 367 g/mol. The number of amides is 1. The Bertz CT molecular complexity index is 739. The van der Waals surface area contributed by atoms with Crippen molar-refractivity contribution in [2.75, 3.05) is 11.9 Å². The molecule has 2 aromatic rings. The number of sulfonamides is 1. The molecule has 0 aliphatic carbocycles. The third-order valence-corrected chi connectivity index (χ3v) is 5.81. The minimum Gasteiger partial charge on any atom is -0.326 e. The van der Waals surface area contributed by atoms with E-state index in [0.29, 0.717) is 18.7 Å². The molecule has 1 aromatic heterocycles. The van der Waals surface area contributed by atoms with Gasteiger partial charge in [0.2, 0.25) is 15.9 Å². The Balaban J connectivity index is 1.83. The van der Waals surface area contributed by atoms with Crippen LogP contribution in [0.15, 0.2) is 46.7 Å². The third kappa shape index (κ3) is 5.74. The molecule has 0 aliphatic rings. The first kappa shape index (κ1) is 18.6. The van der Waals surface area contributed by atoms with Crippen LogP contribution in [0.2, 0.25) is 0 Å². The number of anilines is 1. The normalized spacial score (nSPS) is 11.4. The number of hydrogen-bond acceptors (Lipinski definition) is 4. The molecular formula is C17H22N2O3S2. The molecule has 1 amide bonds. The molecule has 2 rings (SSSR count). The zero-order valence-electron chi connectivity index (χ0n) is 13.6. The van der Waals surface area contributed by atoms with Gasteiger partial charge in [0.1, 0.15) is 0 Å². The monoisotopic (exact) mass is 366 g/mol. The topological polar surface area (TPSA) is 75.3 Å². The van der Waals surface area contributed by atoms with E-state index in [-0.39, 0.29) is 10.8 Å². The van der Waals surface area contributed by atoms with Crippen molar-refractivity contribution in [3.05, 3.63) is 46.7 Å². The number of thiophene rings is 1. The summed E-state index contributed by atoms with van der Waals surface area (Å²) in [5.74, 6) is -0.0636. The van der Waals surface area contributed by atoms with Crippen LogP contribution in [0.25, 0.3) is 0 Å². The molecule has 2 N–H and O–H groups in total. The summed E-state index contributed by atoms with van der Waals surface area (Å²) in [6, 6.07) is 10.3. The van der Waals surface area contributed by atoms with E-state index in [0.717, 1.165) is 19.3 Å². The van der Waals surface area contributed by atoms with Gasteiger partial charge in [-0.3, -0.25) is 4.79 Å². The van der Waals surface area contributed by atoms with Gasteiger partial charge in [-0.1, -0.05) is 13.0 Å². The zero-order valence-corrected chi connectivity index (χ0v) is 15.3. The van der Waals surface area contributed by atoms with Gasteiger partial charge in [0.25, 0.3) is 0 Å². The number of benzene rings is 1. The molecule has 0 fully saturated rings. The fourth-order valence-corrected chi connectivity index (χ4v) is 4.02. The second-order valence-electron chi connectivity index (χ2n) is 5.40. The molecule has 0 saturated heterocycles. The van der Waals surface area contributed by atoms with Crippen molar-refractivity contribution < 1.29 is 13.2 Å². The zero-order chi connectivity index (χ0) is 17.4. The van der Waals surface area contributed by atoms with Gasteiger partial charge in [-0.15, -0.1) is 11.3 Å². The van der Waals surface area contributed by atoms with E-state index >= 15 is 0 Å². The molecule has 0 radical (unpaired) electrons. The van der Waals surface area contributed by atoms with E-state index in [4.69, 9.17) is 0 Å². The number of carbonyl (C=O) groups is 1. The van der Waals surface area contributed by atoms with Crippen LogP contribution in [0.1, 0.15) is 31.1 Å². The molecule has 5 nitrogen and oxygen atoms in total. The highest BCUT2D eigenvalue weighted by atomic mass is 32.2. The van der Waals surface area contributed by atoms with Gasteiger partial charge in [-0.2, -0.15) is 0 Å². The Kier molecular flexibility index (Phi) is 6.96. The summed E-state index contributed by atoms with van der Waals surface area (Å²) in [5, 5.41) is 4.82. The second-order valence-corrected chi connectivity index (χ2v) is 8.20. The summed E-state index contributed by atoms with van der Waals surface area (Å²) in [7, 11) is -3.47. The molecule has 0 atom stereocenters. The highest BCUT2D eigenvalue weighted by Gasteiger charge is 2.12. The summed E-state index contributed by atoms with van der Waals surface area (Å²) in [6.45, 7) is 2.31. The lowest BCUT2D eigenvalue weighted by Crippen LogP contribution is -2.24. The number of rotatable bonds is 9. The maximum Gasteiger partial charge on any atom is 0.240 e. The van der Waals surface area contributed by atoms with Crippen LogP contribution >= 0.6 is 11.3 Å². The lowest BCUT2D eigenvalue weighted by Gasteiger charge is -2.08. The predicted octanol–water partition coefficient (Wildman–Crippen LogP) is 3.40. The van der Waals surface area contributed by atoms with E-state index < -0.39 is 10.0 Å². The summed E-state index contributed by atoms with van der Waals surface area (Å²) in [4.78, 5) is 13.4. The molecule has 1 aromatic carbocycles. The number of nitrogens with one attached hydrogen (secondary N) is 2. The highest BCUT2D eigenvalue weighted by molar-refractivity contribution is 7.89. The van der Waals surface area contributed by atoms with Crippen LogP contribution in [-0.4, -0.2) is 20.9 Å². The van der Waals surface area contributed by atoms with Gasteiger partial charge in [-0.25, -0.2) is 13.1 Å². The van der Waals surface area contributed by atoms with Crippen LogP contribution in [0.3, 0.4) is 0 Å². The molecule has 130 valence electrons. The fourth-order valence-electron chi connectivity index (χ4n) is 2.14. The highest BCUT2D eigenvalue weighted by Crippen LogP contribution is 2.15. The molecular weight excluding hydrogens is 344 g/mol. The fraction of sp³-hybridized carbons (Fsp3) is 0.353. The van der Waals surface area contributed by atoms with Gasteiger partial charge >= 0.3 is 0 Å². The van der Waals surface area contributed by atoms with Crippen LogP contribution < -0.4 is 10.0 Å². The maximum absolute atomic E-state index is 12.0. The second kappa shape index (κ2) is 8.96. The first-order valence-corrected chi connectivity index (χ1v) is 10.3. The molecule has 0 unspecified atom stereocenters. The van der Waals surface area contributed by atoms with Crippen LogP contribution in [0.5, 0.6) is 0 Å². The SMILES string of the molecule is CCCNS(=O)(=O)c1ccc(NC(=O)CCCc2cccs2)cc1. The van der Waals surface area contributed by atoms with Gasteiger partial charge in [0.15, 0.2) is 0 Å². The quantitative estimate of drug-likeness (QED) is 0.714. The number of carbonyl (C=O) groups excluding carboxylic acids is 1. The molecule has 7 heteroatoms. The molecule has 24 heavy (non-hydrogen) atoms. The number of aryl methyl sites for hydroxylation is 1. The standard InChI is InChI=1S/C17H22N2O3S2/c1-2-12-18-24(21,22)16-10-8-14(9-11-16)19-17(20)7-3-5-15-6-4-13-23-15/h4,6,8-11,13,18H,2-3,5,7,12H2,1H3,(H,19,20). The lowest BCUT2D eigenvalue weighted by molar-refractivity contribution is -0.116. The van der Waals surface area contributed by atoms with Crippen molar-refractivity contribution in [1.29, 1.82) is 0 Å². The van der Waals surface area contributed by atoms with E-state index in [1.807, 2.05) is 18.4 Å². The van der Waals surface area contributed by atoms with Gasteiger partial charge in [0, 0.05) is 23.5 Å². The summed E-state index contributed by atoms with van der Waals surface area (Å²) < 4.78 is 26.5. The lowest BCUT2D eigenvalue weighted by atomic mass is 10.2. The van der Waals surface area contributed by atoms with Crippen molar-refractivity contribution >= 4 is 33.0 Å². The first-order valence-electron chi connectivity index (χ1n) is 7.93. The molecule has 1 heterocycles. The molecule has 0 saturated carbocycles. The third-order valence-electron chi connectivity index (χ3n) is 3.40. The Labute approximate surface area is 147 Å². The van der Waals surface area contributed by atoms with E-state index in [1.54, 1.807) is 23.5 Å². The largest absolute Gasteiger partial charge is 0.326 e. The summed E-state index contributed by atoms with van der Waals surface area (Å²) in [6.07, 6.45) is 2.86. The van der Waals surface area contributed by atoms with Gasteiger partial charge in [0.05, 0.1) is 4.90 Å². The van der Waals surface area contributed by atoms with E-state index in [2.05, 4.69) is 16.1 Å². The summed E-state index contributed by atoms with van der Waals surface area (Å²) in [5.41, 5.74) is 0.602. The van der Waals surface area contributed by atoms with Gasteiger partial charge in [-0.05, 0) is 55.0 Å². The van der Waals surface area contributed by atoms with Crippen molar-refractivity contribution in [3.63, 3.8) is 0 Å². The molecule has 0 aliphatic heterocycles. The predicted molar refractivity (Wildman–Crippen MR) is 97.8 cm³/mol. The minimum atomic E-state index is -3.47. The Morgan fingerprint density at radius 3 is 2.54 bits per heavy atom. The van der Waals surface area contributed by atoms with Crippen LogP contribution in [0.4, 0.5) is 5.69 Å². The first-order chi connectivity index (χ1) is 11.5. The smallest absolute Gasteiger partial charge is 0.240 e. The molecule has 0 spiro atoms. The number of hydrogen-bond donors (Lipinski definition) is 2. The van der Waals surface area contributed by atoms with Gasteiger partial charge < -0.3 is 5.32 Å². The Morgan fingerprint density at radius 2 is 1.92 bits per heavy atom. The maximum atomic E-state index is 12.0. The van der Waals surface area contributed by atoms with Crippen molar-refractivity contribution in [2.24, 2.45) is 0 Å². The van der Waals surface area contributed by atoms with E-state index in [9.17, 15) is 13.2 Å². The van der Waals surface area contributed by atoms with Crippen molar-refractivity contribution in [3.8, 4) is 0 Å². The van der Waals surface area contributed by atoms with Crippen molar-refractivity contribution in [1.82, 2.24) is 4.72 Å². The van der Waals surface area contributed by atoms with Crippen molar-refractivity contribution in [2.45, 2.75) is 37.5 Å². The summed E-state index contributed by atoms with van der Waals surface area (Å²) >= 11 is 1.69. The average Bonchev–Trinajstić information content (AvgIpc) is 3.07. The van der Waals surface area contributed by atoms with E-state index in [1.165, 1.54) is 17.0 Å². The van der Waals surface area contributed by atoms with Crippen LogP contribution in [0, 0.1) is 0 Å². The Hall–Kier alpha value is -1.70. The molecule has 0 bridgehead atoms. The van der Waals surface area contributed by atoms with Crippen LogP contribution in [-0.2, 0) is 21.2 Å². The Morgan fingerprint density at radius 1 is 1.17 bits per heavy atom.